The van der Waals surface area contributed by atoms with Crippen molar-refractivity contribution in [1.82, 2.24) is 29.9 Å². The van der Waals surface area contributed by atoms with Crippen LogP contribution < -0.4 is 0 Å². The van der Waals surface area contributed by atoms with Gasteiger partial charge in [-0.1, -0.05) is 0 Å². The van der Waals surface area contributed by atoms with Crippen LogP contribution in [0.5, 0.6) is 0 Å². The van der Waals surface area contributed by atoms with Gasteiger partial charge in [0.1, 0.15) is 5.82 Å². The van der Waals surface area contributed by atoms with Crippen LogP contribution in [-0.4, -0.2) is 42.8 Å². The van der Waals surface area contributed by atoms with E-state index in [0.29, 0.717) is 12.1 Å². The van der Waals surface area contributed by atoms with E-state index in [1.807, 2.05) is 0 Å². The number of carbonyl (C=O) groups is 1. The van der Waals surface area contributed by atoms with Gasteiger partial charge in [-0.2, -0.15) is 5.10 Å². The molecule has 0 unspecified atom stereocenters. The zero-order chi connectivity index (χ0) is 12.5. The summed E-state index contributed by atoms with van der Waals surface area (Å²) < 4.78 is 2.10. The predicted molar refractivity (Wildman–Crippen MR) is 62.7 cm³/mol. The van der Waals surface area contributed by atoms with E-state index in [-0.39, 0.29) is 5.91 Å². The largest absolute Gasteiger partial charge is 0.334 e. The third-order valence-electron chi connectivity index (χ3n) is 3.16. The monoisotopic (exact) mass is 246 g/mol. The van der Waals surface area contributed by atoms with Crippen LogP contribution in [0.1, 0.15) is 28.4 Å². The van der Waals surface area contributed by atoms with E-state index < -0.39 is 0 Å². The second-order valence-corrected chi connectivity index (χ2v) is 4.44. The molecule has 0 saturated heterocycles. The standard InChI is InChI=1S/C11H14N6O/c1-16(11(18)8-5-12-13-6-8)7-10-15-14-9-3-2-4-17(9)10/h5-6H,2-4,7H2,1H3,(H,12,13). The van der Waals surface area contributed by atoms with Crippen LogP contribution in [0.3, 0.4) is 0 Å². The highest BCUT2D eigenvalue weighted by molar-refractivity contribution is 5.93. The quantitative estimate of drug-likeness (QED) is 0.840. The number of H-pyrrole nitrogens is 1. The molecule has 0 atom stereocenters. The number of aromatic amines is 1. The van der Waals surface area contributed by atoms with Gasteiger partial charge in [-0.05, 0) is 6.42 Å². The minimum absolute atomic E-state index is 0.0703. The molecule has 2 aromatic rings. The lowest BCUT2D eigenvalue weighted by Crippen LogP contribution is -2.27. The maximum atomic E-state index is 12.0. The summed E-state index contributed by atoms with van der Waals surface area (Å²) in [4.78, 5) is 13.7. The molecule has 18 heavy (non-hydrogen) atoms. The van der Waals surface area contributed by atoms with E-state index in [4.69, 9.17) is 0 Å². The first kappa shape index (κ1) is 10.9. The highest BCUT2D eigenvalue weighted by Crippen LogP contribution is 2.15. The van der Waals surface area contributed by atoms with Gasteiger partial charge in [0.2, 0.25) is 0 Å². The van der Waals surface area contributed by atoms with E-state index in [1.54, 1.807) is 18.1 Å². The van der Waals surface area contributed by atoms with Gasteiger partial charge in [-0.3, -0.25) is 9.89 Å². The SMILES string of the molecule is CN(Cc1nnc2n1CCC2)C(=O)c1cn[nH]c1. The van der Waals surface area contributed by atoms with Crippen LogP contribution in [0.4, 0.5) is 0 Å². The maximum absolute atomic E-state index is 12.0. The Balaban J connectivity index is 1.74. The summed E-state index contributed by atoms with van der Waals surface area (Å²) in [5.74, 6) is 1.80. The van der Waals surface area contributed by atoms with Crippen molar-refractivity contribution < 1.29 is 4.79 Å². The third kappa shape index (κ3) is 1.77. The molecule has 1 aliphatic heterocycles. The number of nitrogens with zero attached hydrogens (tertiary/aromatic N) is 5. The molecule has 1 N–H and O–H groups in total. The first-order valence-corrected chi connectivity index (χ1v) is 5.91. The summed E-state index contributed by atoms with van der Waals surface area (Å²) in [5, 5.41) is 14.7. The molecule has 3 heterocycles. The van der Waals surface area contributed by atoms with Gasteiger partial charge >= 0.3 is 0 Å². The van der Waals surface area contributed by atoms with Crippen LogP contribution >= 0.6 is 0 Å². The van der Waals surface area contributed by atoms with Crippen LogP contribution in [0.15, 0.2) is 12.4 Å². The minimum Gasteiger partial charge on any atom is -0.334 e. The third-order valence-corrected chi connectivity index (χ3v) is 3.16. The van der Waals surface area contributed by atoms with Crippen molar-refractivity contribution in [1.29, 1.82) is 0 Å². The number of rotatable bonds is 3. The molecule has 0 bridgehead atoms. The molecular weight excluding hydrogens is 232 g/mol. The van der Waals surface area contributed by atoms with Crippen molar-refractivity contribution in [2.24, 2.45) is 0 Å². The Bertz CT molecular complexity index is 558. The van der Waals surface area contributed by atoms with Crippen molar-refractivity contribution in [2.45, 2.75) is 25.9 Å². The van der Waals surface area contributed by atoms with E-state index >= 15 is 0 Å². The molecule has 3 rings (SSSR count). The number of aryl methyl sites for hydroxylation is 1. The molecule has 1 aliphatic rings. The molecule has 7 heteroatoms. The Kier molecular flexibility index (Phi) is 2.58. The molecule has 0 spiro atoms. The summed E-state index contributed by atoms with van der Waals surface area (Å²) in [6.07, 6.45) is 5.20. The zero-order valence-electron chi connectivity index (χ0n) is 10.1. The summed E-state index contributed by atoms with van der Waals surface area (Å²) in [7, 11) is 1.76. The second-order valence-electron chi connectivity index (χ2n) is 4.44. The van der Waals surface area contributed by atoms with E-state index in [1.165, 1.54) is 6.20 Å². The van der Waals surface area contributed by atoms with Crippen LogP contribution in [0.2, 0.25) is 0 Å². The molecule has 2 aromatic heterocycles. The van der Waals surface area contributed by atoms with E-state index in [2.05, 4.69) is 25.0 Å². The van der Waals surface area contributed by atoms with Gasteiger partial charge in [0.05, 0.1) is 18.3 Å². The van der Waals surface area contributed by atoms with Crippen molar-refractivity contribution in [2.75, 3.05) is 7.05 Å². The number of nitrogens with one attached hydrogen (secondary N) is 1. The van der Waals surface area contributed by atoms with Gasteiger partial charge in [0, 0.05) is 26.2 Å². The topological polar surface area (TPSA) is 79.7 Å². The van der Waals surface area contributed by atoms with Crippen LogP contribution in [-0.2, 0) is 19.5 Å². The molecule has 0 aliphatic carbocycles. The zero-order valence-corrected chi connectivity index (χ0v) is 10.1. The normalized spacial score (nSPS) is 13.6. The molecule has 0 fully saturated rings. The molecule has 0 saturated carbocycles. The highest BCUT2D eigenvalue weighted by atomic mass is 16.2. The molecule has 94 valence electrons. The van der Waals surface area contributed by atoms with E-state index in [0.717, 1.165) is 31.0 Å². The molecule has 1 amide bonds. The van der Waals surface area contributed by atoms with Gasteiger partial charge in [-0.25, -0.2) is 0 Å². The number of hydrogen-bond donors (Lipinski definition) is 1. The number of aromatic nitrogens is 5. The fraction of sp³-hybridized carbons (Fsp3) is 0.455. The lowest BCUT2D eigenvalue weighted by molar-refractivity contribution is 0.0780. The van der Waals surface area contributed by atoms with Crippen molar-refractivity contribution in [3.05, 3.63) is 29.6 Å². The second kappa shape index (κ2) is 4.25. The van der Waals surface area contributed by atoms with Gasteiger partial charge in [-0.15, -0.1) is 10.2 Å². The Morgan fingerprint density at radius 2 is 2.44 bits per heavy atom. The molecule has 7 nitrogen and oxygen atoms in total. The fourth-order valence-electron chi connectivity index (χ4n) is 2.20. The Labute approximate surface area is 104 Å². The Hall–Kier alpha value is -2.18. The molecule has 0 radical (unpaired) electrons. The minimum atomic E-state index is -0.0703. The van der Waals surface area contributed by atoms with Crippen LogP contribution in [0.25, 0.3) is 0 Å². The summed E-state index contributed by atoms with van der Waals surface area (Å²) >= 11 is 0. The van der Waals surface area contributed by atoms with Gasteiger partial charge < -0.3 is 9.47 Å². The summed E-state index contributed by atoms with van der Waals surface area (Å²) in [5.41, 5.74) is 0.554. The summed E-state index contributed by atoms with van der Waals surface area (Å²) in [6, 6.07) is 0. The number of hydrogen-bond acceptors (Lipinski definition) is 4. The average molecular weight is 246 g/mol. The number of fused-ring (bicyclic) bond motifs is 1. The lowest BCUT2D eigenvalue weighted by atomic mass is 10.3. The van der Waals surface area contributed by atoms with Gasteiger partial charge in [0.15, 0.2) is 5.82 Å². The van der Waals surface area contributed by atoms with Crippen molar-refractivity contribution in [3.8, 4) is 0 Å². The highest BCUT2D eigenvalue weighted by Gasteiger charge is 2.20. The maximum Gasteiger partial charge on any atom is 0.257 e. The molecule has 0 aromatic carbocycles. The number of carbonyl (C=O) groups excluding carboxylic acids is 1. The van der Waals surface area contributed by atoms with Gasteiger partial charge in [0.25, 0.3) is 5.91 Å². The predicted octanol–water partition coefficient (Wildman–Crippen LogP) is 0.220. The van der Waals surface area contributed by atoms with E-state index in [9.17, 15) is 4.79 Å². The average Bonchev–Trinajstić information content (AvgIpc) is 3.06. The molecular formula is C11H14N6O. The van der Waals surface area contributed by atoms with Crippen LogP contribution in [0, 0.1) is 0 Å². The van der Waals surface area contributed by atoms with Crippen molar-refractivity contribution in [3.63, 3.8) is 0 Å². The Morgan fingerprint density at radius 3 is 3.22 bits per heavy atom. The Morgan fingerprint density at radius 1 is 1.56 bits per heavy atom. The summed E-state index contributed by atoms with van der Waals surface area (Å²) in [6.45, 7) is 1.42. The lowest BCUT2D eigenvalue weighted by Gasteiger charge is -2.15. The smallest absolute Gasteiger partial charge is 0.257 e. The first-order chi connectivity index (χ1) is 8.75. The first-order valence-electron chi connectivity index (χ1n) is 5.91. The van der Waals surface area contributed by atoms with Crippen molar-refractivity contribution >= 4 is 5.91 Å². The number of amides is 1. The fourth-order valence-corrected chi connectivity index (χ4v) is 2.20.